The SMILES string of the molecule is N#CCc1ccc(OCCCCCCCn2ccc3ccccc32)cc1. The average Bonchev–Trinajstić information content (AvgIpc) is 3.09. The second-order valence-electron chi connectivity index (χ2n) is 6.66. The molecule has 2 aromatic carbocycles. The summed E-state index contributed by atoms with van der Waals surface area (Å²) in [5.74, 6) is 0.895. The van der Waals surface area contributed by atoms with E-state index in [4.69, 9.17) is 10.00 Å². The number of nitriles is 1. The minimum Gasteiger partial charge on any atom is -0.494 e. The minimum atomic E-state index is 0.457. The Kier molecular flexibility index (Phi) is 6.73. The highest BCUT2D eigenvalue weighted by Gasteiger charge is 2.00. The van der Waals surface area contributed by atoms with Gasteiger partial charge in [-0.3, -0.25) is 0 Å². The zero-order valence-corrected chi connectivity index (χ0v) is 15.2. The van der Waals surface area contributed by atoms with Crippen molar-refractivity contribution in [1.82, 2.24) is 4.57 Å². The number of aryl methyl sites for hydroxylation is 1. The van der Waals surface area contributed by atoms with Gasteiger partial charge < -0.3 is 9.30 Å². The molecule has 3 aromatic rings. The van der Waals surface area contributed by atoms with Crippen molar-refractivity contribution in [3.8, 4) is 11.8 Å². The van der Waals surface area contributed by atoms with Crippen LogP contribution in [-0.4, -0.2) is 11.2 Å². The highest BCUT2D eigenvalue weighted by atomic mass is 16.5. The maximum Gasteiger partial charge on any atom is 0.119 e. The molecule has 0 N–H and O–H groups in total. The Balaban J connectivity index is 1.26. The lowest BCUT2D eigenvalue weighted by atomic mass is 10.1. The zero-order chi connectivity index (χ0) is 18.0. The zero-order valence-electron chi connectivity index (χ0n) is 15.2. The molecule has 0 atom stereocenters. The molecule has 3 rings (SSSR count). The number of nitrogens with zero attached hydrogens (tertiary/aromatic N) is 2. The summed E-state index contributed by atoms with van der Waals surface area (Å²) < 4.78 is 8.12. The van der Waals surface area contributed by atoms with E-state index in [0.29, 0.717) is 6.42 Å². The molecular weight excluding hydrogens is 320 g/mol. The van der Waals surface area contributed by atoms with E-state index >= 15 is 0 Å². The first-order chi connectivity index (χ1) is 12.9. The van der Waals surface area contributed by atoms with Gasteiger partial charge in [0.2, 0.25) is 0 Å². The van der Waals surface area contributed by atoms with Crippen LogP contribution in [0.5, 0.6) is 5.75 Å². The smallest absolute Gasteiger partial charge is 0.119 e. The molecule has 1 aromatic heterocycles. The van der Waals surface area contributed by atoms with E-state index < -0.39 is 0 Å². The van der Waals surface area contributed by atoms with Gasteiger partial charge in [0.05, 0.1) is 19.1 Å². The van der Waals surface area contributed by atoms with Gasteiger partial charge >= 0.3 is 0 Å². The Morgan fingerprint density at radius 2 is 1.62 bits per heavy atom. The van der Waals surface area contributed by atoms with Crippen LogP contribution in [-0.2, 0) is 13.0 Å². The van der Waals surface area contributed by atoms with Crippen molar-refractivity contribution >= 4 is 10.9 Å². The Morgan fingerprint density at radius 3 is 2.46 bits per heavy atom. The number of fused-ring (bicyclic) bond motifs is 1. The number of unbranched alkanes of at least 4 members (excludes halogenated alkanes) is 4. The van der Waals surface area contributed by atoms with Crippen LogP contribution in [0.25, 0.3) is 10.9 Å². The van der Waals surface area contributed by atoms with Crippen molar-refractivity contribution in [3.63, 3.8) is 0 Å². The first-order valence-corrected chi connectivity index (χ1v) is 9.49. The van der Waals surface area contributed by atoms with Crippen LogP contribution in [0.1, 0.15) is 37.7 Å². The van der Waals surface area contributed by atoms with E-state index in [-0.39, 0.29) is 0 Å². The van der Waals surface area contributed by atoms with Gasteiger partial charge in [-0.15, -0.1) is 0 Å². The summed E-state index contributed by atoms with van der Waals surface area (Å²) in [4.78, 5) is 0. The highest BCUT2D eigenvalue weighted by molar-refractivity contribution is 5.79. The fourth-order valence-electron chi connectivity index (χ4n) is 3.23. The number of hydrogen-bond donors (Lipinski definition) is 0. The number of ether oxygens (including phenoxy) is 1. The summed E-state index contributed by atoms with van der Waals surface area (Å²) in [6.45, 7) is 1.86. The molecule has 3 nitrogen and oxygen atoms in total. The largest absolute Gasteiger partial charge is 0.494 e. The number of rotatable bonds is 10. The fraction of sp³-hybridized carbons (Fsp3) is 0.348. The van der Waals surface area contributed by atoms with E-state index in [1.165, 1.54) is 36.6 Å². The lowest BCUT2D eigenvalue weighted by molar-refractivity contribution is 0.304. The van der Waals surface area contributed by atoms with Crippen LogP contribution in [0.2, 0.25) is 0 Å². The first kappa shape index (κ1) is 18.1. The maximum absolute atomic E-state index is 8.67. The van der Waals surface area contributed by atoms with E-state index in [0.717, 1.165) is 30.9 Å². The molecule has 0 spiro atoms. The Hall–Kier alpha value is -2.73. The Bertz CT molecular complexity index is 843. The van der Waals surface area contributed by atoms with Gasteiger partial charge in [0.15, 0.2) is 0 Å². The van der Waals surface area contributed by atoms with E-state index in [1.807, 2.05) is 24.3 Å². The van der Waals surface area contributed by atoms with Gasteiger partial charge in [0.1, 0.15) is 5.75 Å². The standard InChI is InChI=1S/C23H26N2O/c24-16-14-20-10-12-22(13-11-20)26-19-7-3-1-2-6-17-25-18-15-21-8-4-5-9-23(21)25/h4-5,8-13,15,18H,1-3,6-7,14,17,19H2. The second kappa shape index (κ2) is 9.68. The molecule has 3 heteroatoms. The van der Waals surface area contributed by atoms with Gasteiger partial charge in [0, 0.05) is 18.3 Å². The van der Waals surface area contributed by atoms with Crippen LogP contribution in [0, 0.1) is 11.3 Å². The average molecular weight is 346 g/mol. The van der Waals surface area contributed by atoms with E-state index in [2.05, 4.69) is 47.2 Å². The summed E-state index contributed by atoms with van der Waals surface area (Å²) in [5.41, 5.74) is 2.37. The monoisotopic (exact) mass is 346 g/mol. The maximum atomic E-state index is 8.67. The molecule has 134 valence electrons. The van der Waals surface area contributed by atoms with Crippen molar-refractivity contribution in [3.05, 3.63) is 66.4 Å². The molecule has 0 amide bonds. The first-order valence-electron chi connectivity index (χ1n) is 9.49. The number of hydrogen-bond acceptors (Lipinski definition) is 2. The lowest BCUT2D eigenvalue weighted by Crippen LogP contribution is -1.98. The van der Waals surface area contributed by atoms with Crippen molar-refractivity contribution < 1.29 is 4.74 Å². The van der Waals surface area contributed by atoms with Gasteiger partial charge in [-0.1, -0.05) is 49.6 Å². The number of para-hydroxylation sites is 1. The molecule has 0 saturated heterocycles. The molecule has 0 unspecified atom stereocenters. The minimum absolute atomic E-state index is 0.457. The van der Waals surface area contributed by atoms with Crippen molar-refractivity contribution in [2.45, 2.75) is 45.1 Å². The summed E-state index contributed by atoms with van der Waals surface area (Å²) in [6.07, 6.45) is 8.68. The third-order valence-electron chi connectivity index (χ3n) is 4.70. The normalized spacial score (nSPS) is 10.7. The second-order valence-corrected chi connectivity index (χ2v) is 6.66. The topological polar surface area (TPSA) is 37.9 Å². The lowest BCUT2D eigenvalue weighted by Gasteiger charge is -2.07. The van der Waals surface area contributed by atoms with Gasteiger partial charge in [-0.05, 0) is 48.1 Å². The number of aromatic nitrogens is 1. The Morgan fingerprint density at radius 1 is 0.846 bits per heavy atom. The third kappa shape index (κ3) is 5.13. The fourth-order valence-corrected chi connectivity index (χ4v) is 3.23. The summed E-state index contributed by atoms with van der Waals surface area (Å²) in [7, 11) is 0. The molecule has 0 fully saturated rings. The van der Waals surface area contributed by atoms with Gasteiger partial charge in [-0.25, -0.2) is 0 Å². The Labute approximate surface area is 155 Å². The van der Waals surface area contributed by atoms with Crippen LogP contribution < -0.4 is 4.74 Å². The number of benzene rings is 2. The molecule has 0 saturated carbocycles. The molecule has 0 radical (unpaired) electrons. The van der Waals surface area contributed by atoms with Crippen LogP contribution in [0.3, 0.4) is 0 Å². The van der Waals surface area contributed by atoms with Crippen molar-refractivity contribution in [2.75, 3.05) is 6.61 Å². The van der Waals surface area contributed by atoms with Crippen LogP contribution in [0.4, 0.5) is 0 Å². The quantitative estimate of drug-likeness (QED) is 0.439. The molecule has 0 aliphatic carbocycles. The summed E-state index contributed by atoms with van der Waals surface area (Å²) in [5, 5.41) is 9.99. The third-order valence-corrected chi connectivity index (χ3v) is 4.70. The highest BCUT2D eigenvalue weighted by Crippen LogP contribution is 2.17. The predicted octanol–water partition coefficient (Wildman–Crippen LogP) is 5.74. The molecule has 1 heterocycles. The summed E-state index contributed by atoms with van der Waals surface area (Å²) >= 11 is 0. The molecule has 0 aliphatic rings. The molecule has 0 aliphatic heterocycles. The summed E-state index contributed by atoms with van der Waals surface area (Å²) in [6, 6.07) is 20.7. The van der Waals surface area contributed by atoms with Crippen molar-refractivity contribution in [1.29, 1.82) is 5.26 Å². The van der Waals surface area contributed by atoms with Crippen molar-refractivity contribution in [2.24, 2.45) is 0 Å². The van der Waals surface area contributed by atoms with E-state index in [1.54, 1.807) is 0 Å². The molecule has 0 bridgehead atoms. The van der Waals surface area contributed by atoms with Crippen LogP contribution in [0.15, 0.2) is 60.8 Å². The molecular formula is C23H26N2O. The van der Waals surface area contributed by atoms with Gasteiger partial charge in [0.25, 0.3) is 0 Å². The van der Waals surface area contributed by atoms with Crippen LogP contribution >= 0.6 is 0 Å². The van der Waals surface area contributed by atoms with E-state index in [9.17, 15) is 0 Å². The van der Waals surface area contributed by atoms with Gasteiger partial charge in [-0.2, -0.15) is 5.26 Å². The molecule has 26 heavy (non-hydrogen) atoms. The predicted molar refractivity (Wildman–Crippen MR) is 106 cm³/mol.